The number of carbonyl (C=O) groups is 1. The quantitative estimate of drug-likeness (QED) is 0.680. The van der Waals surface area contributed by atoms with Gasteiger partial charge in [-0.05, 0) is 19.9 Å². The van der Waals surface area contributed by atoms with E-state index in [2.05, 4.69) is 5.32 Å². The van der Waals surface area contributed by atoms with E-state index in [0.717, 1.165) is 12.8 Å². The van der Waals surface area contributed by atoms with E-state index in [-0.39, 0.29) is 5.54 Å². The van der Waals surface area contributed by atoms with E-state index in [1.54, 1.807) is 0 Å². The van der Waals surface area contributed by atoms with Crippen molar-refractivity contribution in [2.24, 2.45) is 0 Å². The van der Waals surface area contributed by atoms with Crippen molar-refractivity contribution in [2.45, 2.75) is 31.7 Å². The zero-order chi connectivity index (χ0) is 9.03. The summed E-state index contributed by atoms with van der Waals surface area (Å²) >= 11 is 0. The van der Waals surface area contributed by atoms with E-state index >= 15 is 0 Å². The molecule has 0 atom stereocenters. The summed E-state index contributed by atoms with van der Waals surface area (Å²) in [5.74, 6) is 0.313. The highest BCUT2D eigenvalue weighted by Gasteiger charge is 2.36. The van der Waals surface area contributed by atoms with Gasteiger partial charge in [-0.1, -0.05) is 6.92 Å². The van der Waals surface area contributed by atoms with Crippen molar-refractivity contribution in [3.63, 3.8) is 0 Å². The Morgan fingerprint density at radius 3 is 2.50 bits per heavy atom. The molecular formula is C9H17NO2. The maximum Gasteiger partial charge on any atom is 0.152 e. The van der Waals surface area contributed by atoms with Crippen LogP contribution in [0.25, 0.3) is 0 Å². The predicted molar refractivity (Wildman–Crippen MR) is 47.1 cm³/mol. The number of hydrogen-bond acceptors (Lipinski definition) is 3. The van der Waals surface area contributed by atoms with Gasteiger partial charge in [0.25, 0.3) is 0 Å². The second kappa shape index (κ2) is 4.01. The van der Waals surface area contributed by atoms with Crippen molar-refractivity contribution in [2.75, 3.05) is 20.3 Å². The first-order valence-corrected chi connectivity index (χ1v) is 4.55. The molecule has 0 spiro atoms. The minimum atomic E-state index is -0.285. The molecule has 1 N–H and O–H groups in total. The second-order valence-electron chi connectivity index (χ2n) is 3.22. The fraction of sp³-hybridized carbons (Fsp3) is 0.889. The Kier molecular flexibility index (Phi) is 3.23. The van der Waals surface area contributed by atoms with Gasteiger partial charge in [0.2, 0.25) is 0 Å². The first-order valence-electron chi connectivity index (χ1n) is 4.55. The van der Waals surface area contributed by atoms with Crippen molar-refractivity contribution < 1.29 is 9.53 Å². The lowest BCUT2D eigenvalue weighted by molar-refractivity contribution is -0.128. The molecule has 0 amide bonds. The highest BCUT2D eigenvalue weighted by atomic mass is 16.5. The van der Waals surface area contributed by atoms with Gasteiger partial charge < -0.3 is 10.1 Å². The van der Waals surface area contributed by atoms with Crippen molar-refractivity contribution in [1.82, 2.24) is 5.32 Å². The van der Waals surface area contributed by atoms with Crippen LogP contribution in [0.2, 0.25) is 0 Å². The van der Waals surface area contributed by atoms with Gasteiger partial charge in [-0.2, -0.15) is 0 Å². The van der Waals surface area contributed by atoms with Crippen molar-refractivity contribution in [3.8, 4) is 0 Å². The van der Waals surface area contributed by atoms with Crippen LogP contribution in [0.5, 0.6) is 0 Å². The zero-order valence-electron chi connectivity index (χ0n) is 7.85. The molecule has 70 valence electrons. The van der Waals surface area contributed by atoms with Crippen LogP contribution in [-0.2, 0) is 9.53 Å². The van der Waals surface area contributed by atoms with E-state index in [1.165, 1.54) is 0 Å². The molecule has 1 fully saturated rings. The van der Waals surface area contributed by atoms with Gasteiger partial charge in [-0.15, -0.1) is 0 Å². The third-order valence-electron chi connectivity index (χ3n) is 2.68. The molecule has 0 bridgehead atoms. The maximum atomic E-state index is 11.6. The van der Waals surface area contributed by atoms with Crippen molar-refractivity contribution in [1.29, 1.82) is 0 Å². The normalized spacial score (nSPS) is 22.2. The number of ketones is 1. The lowest BCUT2D eigenvalue weighted by Gasteiger charge is -2.35. The monoisotopic (exact) mass is 171 g/mol. The van der Waals surface area contributed by atoms with Crippen LogP contribution in [0.4, 0.5) is 0 Å². The maximum absolute atomic E-state index is 11.6. The molecule has 0 saturated carbocycles. The average molecular weight is 171 g/mol. The smallest absolute Gasteiger partial charge is 0.152 e. The molecule has 0 aromatic rings. The van der Waals surface area contributed by atoms with Crippen molar-refractivity contribution >= 4 is 5.78 Å². The number of rotatable bonds is 3. The summed E-state index contributed by atoms with van der Waals surface area (Å²) in [7, 11) is 1.86. The fourth-order valence-electron chi connectivity index (χ4n) is 1.73. The highest BCUT2D eigenvalue weighted by Crippen LogP contribution is 2.22. The van der Waals surface area contributed by atoms with Crippen LogP contribution >= 0.6 is 0 Å². The molecule has 0 aromatic carbocycles. The SMILES string of the molecule is CCC(=O)C1(NC)CCOCC1. The highest BCUT2D eigenvalue weighted by molar-refractivity contribution is 5.88. The second-order valence-corrected chi connectivity index (χ2v) is 3.22. The summed E-state index contributed by atoms with van der Waals surface area (Å²) in [5.41, 5.74) is -0.285. The van der Waals surface area contributed by atoms with Crippen LogP contribution < -0.4 is 5.32 Å². The number of ether oxygens (including phenoxy) is 1. The summed E-state index contributed by atoms with van der Waals surface area (Å²) in [5, 5.41) is 3.14. The largest absolute Gasteiger partial charge is 0.381 e. The van der Waals surface area contributed by atoms with Crippen LogP contribution in [-0.4, -0.2) is 31.6 Å². The van der Waals surface area contributed by atoms with Crippen LogP contribution in [0.15, 0.2) is 0 Å². The molecule has 0 unspecified atom stereocenters. The van der Waals surface area contributed by atoms with Gasteiger partial charge in [-0.25, -0.2) is 0 Å². The van der Waals surface area contributed by atoms with E-state index in [1.807, 2.05) is 14.0 Å². The van der Waals surface area contributed by atoms with Gasteiger partial charge >= 0.3 is 0 Å². The molecule has 1 heterocycles. The average Bonchev–Trinajstić information content (AvgIpc) is 2.17. The van der Waals surface area contributed by atoms with Gasteiger partial charge in [0.1, 0.15) is 0 Å². The molecule has 0 radical (unpaired) electrons. The van der Waals surface area contributed by atoms with E-state index in [4.69, 9.17) is 4.74 Å². The number of Topliss-reactive ketones (excluding diaryl/α,β-unsaturated/α-hetero) is 1. The van der Waals surface area contributed by atoms with E-state index < -0.39 is 0 Å². The molecule has 1 aliphatic heterocycles. The Morgan fingerprint density at radius 1 is 1.50 bits per heavy atom. The summed E-state index contributed by atoms with van der Waals surface area (Å²) in [4.78, 5) is 11.6. The number of nitrogens with one attached hydrogen (secondary N) is 1. The molecule has 1 saturated heterocycles. The first-order chi connectivity index (χ1) is 5.75. The molecule has 1 rings (SSSR count). The molecule has 3 nitrogen and oxygen atoms in total. The lowest BCUT2D eigenvalue weighted by Crippen LogP contribution is -2.53. The molecule has 0 aromatic heterocycles. The molecule has 12 heavy (non-hydrogen) atoms. The summed E-state index contributed by atoms with van der Waals surface area (Å²) in [6.07, 6.45) is 2.24. The number of likely N-dealkylation sites (N-methyl/N-ethyl adjacent to an activating group) is 1. The molecule has 3 heteroatoms. The Labute approximate surface area is 73.5 Å². The molecular weight excluding hydrogens is 154 g/mol. The molecule has 0 aliphatic carbocycles. The Balaban J connectivity index is 2.66. The summed E-state index contributed by atoms with van der Waals surface area (Å²) < 4.78 is 5.23. The van der Waals surface area contributed by atoms with Gasteiger partial charge in [0.05, 0.1) is 5.54 Å². The minimum absolute atomic E-state index is 0.285. The van der Waals surface area contributed by atoms with Crippen molar-refractivity contribution in [3.05, 3.63) is 0 Å². The summed E-state index contributed by atoms with van der Waals surface area (Å²) in [6, 6.07) is 0. The predicted octanol–water partition coefficient (Wildman–Crippen LogP) is 0.734. The topological polar surface area (TPSA) is 38.3 Å². The number of carbonyl (C=O) groups excluding carboxylic acids is 1. The Bertz CT molecular complexity index is 162. The summed E-state index contributed by atoms with van der Waals surface area (Å²) in [6.45, 7) is 3.32. The minimum Gasteiger partial charge on any atom is -0.381 e. The lowest BCUT2D eigenvalue weighted by atomic mass is 9.84. The fourth-order valence-corrected chi connectivity index (χ4v) is 1.73. The third kappa shape index (κ3) is 1.67. The van der Waals surface area contributed by atoms with Crippen LogP contribution in [0.3, 0.4) is 0 Å². The van der Waals surface area contributed by atoms with E-state index in [9.17, 15) is 4.79 Å². The van der Waals surface area contributed by atoms with Crippen LogP contribution in [0.1, 0.15) is 26.2 Å². The Morgan fingerprint density at radius 2 is 2.08 bits per heavy atom. The van der Waals surface area contributed by atoms with Gasteiger partial charge in [0.15, 0.2) is 5.78 Å². The van der Waals surface area contributed by atoms with Crippen LogP contribution in [0, 0.1) is 0 Å². The zero-order valence-corrected chi connectivity index (χ0v) is 7.85. The third-order valence-corrected chi connectivity index (χ3v) is 2.68. The molecule has 1 aliphatic rings. The first kappa shape index (κ1) is 9.68. The number of hydrogen-bond donors (Lipinski definition) is 1. The Hall–Kier alpha value is -0.410. The van der Waals surface area contributed by atoms with Gasteiger partial charge in [-0.3, -0.25) is 4.79 Å². The standard InChI is InChI=1S/C9H17NO2/c1-3-8(11)9(10-2)4-6-12-7-5-9/h10H,3-7H2,1-2H3. The van der Waals surface area contributed by atoms with Gasteiger partial charge in [0, 0.05) is 19.6 Å². The van der Waals surface area contributed by atoms with E-state index in [0.29, 0.717) is 25.4 Å².